The van der Waals surface area contributed by atoms with Crippen LogP contribution in [0.15, 0.2) is 114 Å². The van der Waals surface area contributed by atoms with Crippen molar-refractivity contribution < 1.29 is 19.1 Å². The van der Waals surface area contributed by atoms with Crippen LogP contribution in [0.4, 0.5) is 11.4 Å². The van der Waals surface area contributed by atoms with Crippen molar-refractivity contribution in [3.63, 3.8) is 0 Å². The van der Waals surface area contributed by atoms with E-state index in [0.717, 1.165) is 16.0 Å². The normalized spacial score (nSPS) is 11.7. The van der Waals surface area contributed by atoms with Gasteiger partial charge in [-0.15, -0.1) is 11.8 Å². The van der Waals surface area contributed by atoms with Gasteiger partial charge < -0.3 is 20.7 Å². The van der Waals surface area contributed by atoms with Gasteiger partial charge in [-0.25, -0.2) is 0 Å². The third kappa shape index (κ3) is 8.59. The molecule has 0 aliphatic heterocycles. The van der Waals surface area contributed by atoms with Crippen LogP contribution >= 0.6 is 11.8 Å². The first-order valence-electron chi connectivity index (χ1n) is 13.5. The molecule has 4 aromatic carbocycles. The van der Waals surface area contributed by atoms with Crippen LogP contribution in [0.2, 0.25) is 0 Å². The average Bonchev–Trinajstić information content (AvgIpc) is 3.00. The third-order valence-corrected chi connectivity index (χ3v) is 7.61. The molecule has 214 valence electrons. The number of rotatable bonds is 11. The lowest BCUT2D eigenvalue weighted by atomic mass is 10.1. The van der Waals surface area contributed by atoms with Crippen molar-refractivity contribution in [1.82, 2.24) is 5.32 Å². The maximum atomic E-state index is 13.4. The number of thioether (sulfide) groups is 1. The number of carbonyl (C=O) groups excluding carboxylic acids is 3. The summed E-state index contributed by atoms with van der Waals surface area (Å²) in [6.07, 6.45) is 2.25. The zero-order valence-electron chi connectivity index (χ0n) is 23.7. The van der Waals surface area contributed by atoms with E-state index in [1.807, 2.05) is 80.6 Å². The number of methoxy groups -OCH3 is 1. The summed E-state index contributed by atoms with van der Waals surface area (Å²) in [5.74, 6) is -0.322. The number of carbonyl (C=O) groups is 3. The van der Waals surface area contributed by atoms with Gasteiger partial charge in [0.2, 0.25) is 5.91 Å². The summed E-state index contributed by atoms with van der Waals surface area (Å²) in [4.78, 5) is 40.2. The molecule has 0 aliphatic rings. The van der Waals surface area contributed by atoms with Crippen LogP contribution in [-0.4, -0.2) is 30.1 Å². The number of aryl methyl sites for hydroxylation is 1. The molecule has 3 amide bonds. The molecule has 1 atom stereocenters. The number of amides is 3. The van der Waals surface area contributed by atoms with Crippen LogP contribution in [0.3, 0.4) is 0 Å². The second-order valence-electron chi connectivity index (χ2n) is 9.51. The van der Waals surface area contributed by atoms with E-state index in [1.165, 1.54) is 11.8 Å². The van der Waals surface area contributed by atoms with Crippen molar-refractivity contribution >= 4 is 46.9 Å². The molecule has 0 fully saturated rings. The zero-order valence-corrected chi connectivity index (χ0v) is 24.5. The highest BCUT2D eigenvalue weighted by Crippen LogP contribution is 2.29. The minimum absolute atomic E-state index is 0.108. The van der Waals surface area contributed by atoms with Gasteiger partial charge in [0.1, 0.15) is 11.4 Å². The molecule has 1 unspecified atom stereocenters. The molecule has 4 aromatic rings. The van der Waals surface area contributed by atoms with Crippen LogP contribution < -0.4 is 20.7 Å². The van der Waals surface area contributed by atoms with Crippen molar-refractivity contribution in [3.05, 3.63) is 126 Å². The summed E-state index contributed by atoms with van der Waals surface area (Å²) in [5, 5.41) is 8.26. The van der Waals surface area contributed by atoms with Gasteiger partial charge >= 0.3 is 0 Å². The van der Waals surface area contributed by atoms with Gasteiger partial charge in [-0.2, -0.15) is 0 Å². The Hall–Kier alpha value is -4.82. The molecule has 3 N–H and O–H groups in total. The monoisotopic (exact) mass is 579 g/mol. The first kappa shape index (κ1) is 30.1. The van der Waals surface area contributed by atoms with Crippen molar-refractivity contribution in [2.24, 2.45) is 0 Å². The summed E-state index contributed by atoms with van der Waals surface area (Å²) in [5.41, 5.74) is 3.56. The van der Waals surface area contributed by atoms with E-state index in [4.69, 9.17) is 4.74 Å². The Labute approximate surface area is 250 Å². The average molecular weight is 580 g/mol. The van der Waals surface area contributed by atoms with Crippen LogP contribution in [0.5, 0.6) is 5.75 Å². The Kier molecular flexibility index (Phi) is 10.6. The van der Waals surface area contributed by atoms with E-state index < -0.39 is 5.91 Å². The van der Waals surface area contributed by atoms with Crippen molar-refractivity contribution in [1.29, 1.82) is 0 Å². The number of nitrogens with one attached hydrogen (secondary N) is 3. The molecule has 0 spiro atoms. The lowest BCUT2D eigenvalue weighted by Crippen LogP contribution is -2.30. The summed E-state index contributed by atoms with van der Waals surface area (Å²) in [6, 6.07) is 30.9. The first-order valence-corrected chi connectivity index (χ1v) is 14.4. The van der Waals surface area contributed by atoms with E-state index in [-0.39, 0.29) is 22.8 Å². The fourth-order valence-corrected chi connectivity index (χ4v) is 5.14. The van der Waals surface area contributed by atoms with Crippen molar-refractivity contribution in [2.45, 2.75) is 30.4 Å². The SMILES string of the molecule is CCC(Sc1cccc(NC(=O)/C(=C\c2cccc(C)c2)NC(=O)c2ccccc2)c1)C(=O)Nc1cccc(OC)c1. The second-order valence-corrected chi connectivity index (χ2v) is 10.8. The number of hydrogen-bond acceptors (Lipinski definition) is 5. The van der Waals surface area contributed by atoms with Crippen molar-refractivity contribution in [2.75, 3.05) is 17.7 Å². The summed E-state index contributed by atoms with van der Waals surface area (Å²) < 4.78 is 5.24. The standard InChI is InChI=1S/C34H33N3O4S/c1-4-31(34(40)36-26-15-9-17-28(21-26)41-3)42-29-18-10-16-27(22-29)35-33(39)30(20-24-12-8-11-23(2)19-24)37-32(38)25-13-6-5-7-14-25/h5-22,31H,4H2,1-3H3,(H,35,39)(H,36,40)(H,37,38)/b30-20+. The molecule has 0 aliphatic carbocycles. The van der Waals surface area contributed by atoms with Gasteiger partial charge in [0, 0.05) is 27.9 Å². The molecule has 0 saturated carbocycles. The Bertz CT molecular complexity index is 1590. The Balaban J connectivity index is 1.49. The van der Waals surface area contributed by atoms with Gasteiger partial charge in [-0.3, -0.25) is 14.4 Å². The molecule has 4 rings (SSSR count). The van der Waals surface area contributed by atoms with Crippen LogP contribution in [0.1, 0.15) is 34.8 Å². The summed E-state index contributed by atoms with van der Waals surface area (Å²) in [7, 11) is 1.58. The van der Waals surface area contributed by atoms with E-state index in [1.54, 1.807) is 49.6 Å². The number of hydrogen-bond donors (Lipinski definition) is 3. The Morgan fingerprint density at radius 2 is 1.55 bits per heavy atom. The largest absolute Gasteiger partial charge is 0.497 e. The van der Waals surface area contributed by atoms with Crippen LogP contribution in [0, 0.1) is 6.92 Å². The third-order valence-electron chi connectivity index (χ3n) is 6.25. The summed E-state index contributed by atoms with van der Waals surface area (Å²) >= 11 is 1.41. The predicted octanol–water partition coefficient (Wildman–Crippen LogP) is 6.92. The van der Waals surface area contributed by atoms with E-state index in [0.29, 0.717) is 29.1 Å². The molecule has 0 heterocycles. The van der Waals surface area contributed by atoms with E-state index in [2.05, 4.69) is 16.0 Å². The Morgan fingerprint density at radius 3 is 2.26 bits per heavy atom. The highest BCUT2D eigenvalue weighted by molar-refractivity contribution is 8.00. The highest BCUT2D eigenvalue weighted by Gasteiger charge is 2.19. The van der Waals surface area contributed by atoms with E-state index >= 15 is 0 Å². The minimum Gasteiger partial charge on any atom is -0.497 e. The van der Waals surface area contributed by atoms with Gasteiger partial charge in [-0.05, 0) is 67.4 Å². The molecule has 0 bridgehead atoms. The summed E-state index contributed by atoms with van der Waals surface area (Å²) in [6.45, 7) is 3.91. The lowest BCUT2D eigenvalue weighted by molar-refractivity contribution is -0.116. The first-order chi connectivity index (χ1) is 20.3. The van der Waals surface area contributed by atoms with Gasteiger partial charge in [0.25, 0.3) is 11.8 Å². The fraction of sp³-hybridized carbons (Fsp3) is 0.147. The molecule has 0 radical (unpaired) electrons. The molecule has 0 saturated heterocycles. The predicted molar refractivity (Wildman–Crippen MR) is 170 cm³/mol. The van der Waals surface area contributed by atoms with Gasteiger partial charge in [-0.1, -0.05) is 67.1 Å². The van der Waals surface area contributed by atoms with Crippen LogP contribution in [0.25, 0.3) is 6.08 Å². The second kappa shape index (κ2) is 14.7. The topological polar surface area (TPSA) is 96.5 Å². The quantitative estimate of drug-likeness (QED) is 0.132. The Morgan fingerprint density at radius 1 is 0.833 bits per heavy atom. The number of ether oxygens (including phenoxy) is 1. The molecule has 8 heteroatoms. The van der Waals surface area contributed by atoms with Crippen LogP contribution in [-0.2, 0) is 9.59 Å². The smallest absolute Gasteiger partial charge is 0.272 e. The van der Waals surface area contributed by atoms with Crippen molar-refractivity contribution in [3.8, 4) is 5.75 Å². The number of anilines is 2. The highest BCUT2D eigenvalue weighted by atomic mass is 32.2. The zero-order chi connectivity index (χ0) is 29.9. The molecular formula is C34H33N3O4S. The fourth-order valence-electron chi connectivity index (χ4n) is 4.12. The molecule has 0 aromatic heterocycles. The number of benzene rings is 4. The lowest BCUT2D eigenvalue weighted by Gasteiger charge is -2.16. The van der Waals surface area contributed by atoms with Gasteiger partial charge in [0.05, 0.1) is 12.4 Å². The molecular weight excluding hydrogens is 546 g/mol. The maximum Gasteiger partial charge on any atom is 0.272 e. The molecule has 7 nitrogen and oxygen atoms in total. The van der Waals surface area contributed by atoms with Gasteiger partial charge in [0.15, 0.2) is 0 Å². The minimum atomic E-state index is -0.467. The maximum absolute atomic E-state index is 13.4. The molecule has 42 heavy (non-hydrogen) atoms. The van der Waals surface area contributed by atoms with E-state index in [9.17, 15) is 14.4 Å².